The Hall–Kier alpha value is -1.53. The summed E-state index contributed by atoms with van der Waals surface area (Å²) in [6.07, 6.45) is 1.22. The quantitative estimate of drug-likeness (QED) is 0.844. The average Bonchev–Trinajstić information content (AvgIpc) is 2.80. The predicted molar refractivity (Wildman–Crippen MR) is 60.9 cm³/mol. The number of hydrogen-bond donors (Lipinski definition) is 2. The molecule has 0 aliphatic rings. The van der Waals surface area contributed by atoms with Crippen LogP contribution < -0.4 is 0 Å². The lowest BCUT2D eigenvalue weighted by Gasteiger charge is -2.27. The average molecular weight is 274 g/mol. The second-order valence-corrected chi connectivity index (χ2v) is 4.44. The maximum absolute atomic E-state index is 13.6. The van der Waals surface area contributed by atoms with E-state index in [0.717, 1.165) is 12.1 Å². The maximum atomic E-state index is 13.6. The number of rotatable bonds is 3. The summed E-state index contributed by atoms with van der Waals surface area (Å²) in [6.45, 7) is 1.32. The molecule has 0 saturated heterocycles. The van der Waals surface area contributed by atoms with Gasteiger partial charge in [-0.1, -0.05) is 6.07 Å². The molecule has 1 aromatic carbocycles. The standard InChI is InChI=1S/C11H10ClF2N3O/c1-11(18,9(12)10-15-5-16-17-10)7-3-2-6(13)4-8(7)14/h2-5,9,18H,1H3,(H,15,16,17). The summed E-state index contributed by atoms with van der Waals surface area (Å²) in [5.74, 6) is -1.40. The number of aromatic amines is 1. The van der Waals surface area contributed by atoms with Crippen molar-refractivity contribution >= 4 is 11.6 Å². The van der Waals surface area contributed by atoms with Crippen LogP contribution in [0.2, 0.25) is 0 Å². The molecule has 0 spiro atoms. The summed E-state index contributed by atoms with van der Waals surface area (Å²) in [7, 11) is 0. The van der Waals surface area contributed by atoms with Gasteiger partial charge < -0.3 is 5.11 Å². The number of halogens is 3. The molecule has 2 rings (SSSR count). The Morgan fingerprint density at radius 1 is 1.44 bits per heavy atom. The number of aromatic nitrogens is 3. The molecule has 2 N–H and O–H groups in total. The van der Waals surface area contributed by atoms with Gasteiger partial charge in [0.05, 0.1) is 0 Å². The van der Waals surface area contributed by atoms with E-state index >= 15 is 0 Å². The first-order valence-corrected chi connectivity index (χ1v) is 5.54. The van der Waals surface area contributed by atoms with E-state index in [0.29, 0.717) is 6.07 Å². The van der Waals surface area contributed by atoms with Crippen molar-refractivity contribution in [1.82, 2.24) is 15.2 Å². The predicted octanol–water partition coefficient (Wildman–Crippen LogP) is 2.27. The zero-order valence-corrected chi connectivity index (χ0v) is 10.1. The van der Waals surface area contributed by atoms with E-state index in [1.165, 1.54) is 13.3 Å². The van der Waals surface area contributed by atoms with E-state index in [2.05, 4.69) is 15.2 Å². The van der Waals surface area contributed by atoms with Gasteiger partial charge in [0.15, 0.2) is 0 Å². The smallest absolute Gasteiger partial charge is 0.145 e. The zero-order valence-electron chi connectivity index (χ0n) is 9.36. The monoisotopic (exact) mass is 273 g/mol. The van der Waals surface area contributed by atoms with Crippen molar-refractivity contribution in [3.05, 3.63) is 47.5 Å². The molecule has 96 valence electrons. The Bertz CT molecular complexity index is 545. The molecule has 7 heteroatoms. The highest BCUT2D eigenvalue weighted by Gasteiger charge is 2.37. The number of nitrogens with one attached hydrogen (secondary N) is 1. The summed E-state index contributed by atoms with van der Waals surface area (Å²) in [5, 5.41) is 15.4. The lowest BCUT2D eigenvalue weighted by molar-refractivity contribution is 0.0459. The molecule has 2 aromatic rings. The second-order valence-electron chi connectivity index (χ2n) is 4.00. The van der Waals surface area contributed by atoms with Crippen molar-refractivity contribution in [1.29, 1.82) is 0 Å². The van der Waals surface area contributed by atoms with Gasteiger partial charge in [-0.15, -0.1) is 11.6 Å². The molecule has 1 aromatic heterocycles. The lowest BCUT2D eigenvalue weighted by Crippen LogP contribution is -2.29. The topological polar surface area (TPSA) is 61.8 Å². The van der Waals surface area contributed by atoms with Crippen molar-refractivity contribution in [2.45, 2.75) is 17.9 Å². The zero-order chi connectivity index (χ0) is 13.3. The summed E-state index contributed by atoms with van der Waals surface area (Å²) in [5.41, 5.74) is -1.86. The summed E-state index contributed by atoms with van der Waals surface area (Å²) in [4.78, 5) is 3.80. The van der Waals surface area contributed by atoms with Gasteiger partial charge in [0.1, 0.15) is 34.8 Å². The molecule has 0 bridgehead atoms. The third kappa shape index (κ3) is 2.21. The van der Waals surface area contributed by atoms with Crippen LogP contribution in [0, 0.1) is 11.6 Å². The van der Waals surface area contributed by atoms with E-state index in [1.54, 1.807) is 0 Å². The van der Waals surface area contributed by atoms with Crippen LogP contribution in [0.1, 0.15) is 23.7 Å². The molecule has 0 aliphatic heterocycles. The van der Waals surface area contributed by atoms with E-state index in [1.807, 2.05) is 0 Å². The number of alkyl halides is 1. The van der Waals surface area contributed by atoms with Crippen LogP contribution in [0.25, 0.3) is 0 Å². The van der Waals surface area contributed by atoms with Gasteiger partial charge in [-0.2, -0.15) is 5.10 Å². The number of nitrogens with zero attached hydrogens (tertiary/aromatic N) is 2. The van der Waals surface area contributed by atoms with Gasteiger partial charge in [-0.05, 0) is 13.0 Å². The molecular weight excluding hydrogens is 264 g/mol. The third-order valence-corrected chi connectivity index (χ3v) is 3.28. The van der Waals surface area contributed by atoms with Crippen LogP contribution >= 0.6 is 11.6 Å². The van der Waals surface area contributed by atoms with Crippen LogP contribution in [0.3, 0.4) is 0 Å². The van der Waals surface area contributed by atoms with Crippen LogP contribution in [-0.2, 0) is 5.60 Å². The van der Waals surface area contributed by atoms with E-state index in [-0.39, 0.29) is 11.4 Å². The fourth-order valence-electron chi connectivity index (χ4n) is 1.64. The van der Waals surface area contributed by atoms with Crippen molar-refractivity contribution in [3.63, 3.8) is 0 Å². The molecule has 0 saturated carbocycles. The molecule has 2 atom stereocenters. The van der Waals surface area contributed by atoms with Crippen LogP contribution in [0.15, 0.2) is 24.5 Å². The van der Waals surface area contributed by atoms with E-state index < -0.39 is 22.6 Å². The van der Waals surface area contributed by atoms with Crippen molar-refractivity contribution in [2.24, 2.45) is 0 Å². The fourth-order valence-corrected chi connectivity index (χ4v) is 1.86. The Balaban J connectivity index is 2.41. The Kier molecular flexibility index (Phi) is 3.32. The van der Waals surface area contributed by atoms with Crippen LogP contribution in [0.5, 0.6) is 0 Å². The molecule has 0 amide bonds. The molecule has 4 nitrogen and oxygen atoms in total. The molecule has 0 fully saturated rings. The Morgan fingerprint density at radius 3 is 2.72 bits per heavy atom. The molecule has 18 heavy (non-hydrogen) atoms. The fraction of sp³-hybridized carbons (Fsp3) is 0.273. The van der Waals surface area contributed by atoms with Gasteiger partial charge in [0.2, 0.25) is 0 Å². The first-order valence-electron chi connectivity index (χ1n) is 5.10. The third-order valence-electron chi connectivity index (χ3n) is 2.64. The van der Waals surface area contributed by atoms with Gasteiger partial charge in [-0.25, -0.2) is 13.8 Å². The van der Waals surface area contributed by atoms with Crippen molar-refractivity contribution in [3.8, 4) is 0 Å². The Labute approximate surface area is 107 Å². The second kappa shape index (κ2) is 4.62. The summed E-state index contributed by atoms with van der Waals surface area (Å²) in [6, 6.07) is 2.89. The van der Waals surface area contributed by atoms with E-state index in [4.69, 9.17) is 11.6 Å². The highest BCUT2D eigenvalue weighted by molar-refractivity contribution is 6.21. The summed E-state index contributed by atoms with van der Waals surface area (Å²) >= 11 is 6.04. The van der Waals surface area contributed by atoms with Crippen molar-refractivity contribution in [2.75, 3.05) is 0 Å². The highest BCUT2D eigenvalue weighted by atomic mass is 35.5. The number of H-pyrrole nitrogens is 1. The molecule has 0 aliphatic carbocycles. The lowest BCUT2D eigenvalue weighted by atomic mass is 9.91. The molecule has 2 unspecified atom stereocenters. The SMILES string of the molecule is CC(O)(c1ccc(F)cc1F)C(Cl)c1ncn[nH]1. The first-order chi connectivity index (χ1) is 8.43. The van der Waals surface area contributed by atoms with Gasteiger partial charge >= 0.3 is 0 Å². The summed E-state index contributed by atoms with van der Waals surface area (Å²) < 4.78 is 26.5. The Morgan fingerprint density at radius 2 is 2.17 bits per heavy atom. The van der Waals surface area contributed by atoms with Gasteiger partial charge in [0, 0.05) is 11.6 Å². The minimum absolute atomic E-state index is 0.111. The van der Waals surface area contributed by atoms with Crippen molar-refractivity contribution < 1.29 is 13.9 Å². The molecule has 1 heterocycles. The number of hydrogen-bond acceptors (Lipinski definition) is 3. The first kappa shape index (κ1) is 12.9. The van der Waals surface area contributed by atoms with Crippen LogP contribution in [0.4, 0.5) is 8.78 Å². The van der Waals surface area contributed by atoms with Crippen LogP contribution in [-0.4, -0.2) is 20.3 Å². The molecular formula is C11H10ClF2N3O. The largest absolute Gasteiger partial charge is 0.383 e. The number of aliphatic hydroxyl groups is 1. The van der Waals surface area contributed by atoms with E-state index in [9.17, 15) is 13.9 Å². The normalized spacial score (nSPS) is 16.3. The molecule has 0 radical (unpaired) electrons. The minimum atomic E-state index is -1.75. The van der Waals surface area contributed by atoms with Gasteiger partial charge in [0.25, 0.3) is 0 Å². The highest BCUT2D eigenvalue weighted by Crippen LogP contribution is 2.39. The minimum Gasteiger partial charge on any atom is -0.383 e. The number of benzene rings is 1. The maximum Gasteiger partial charge on any atom is 0.145 e. The van der Waals surface area contributed by atoms with Gasteiger partial charge in [-0.3, -0.25) is 5.10 Å².